The summed E-state index contributed by atoms with van der Waals surface area (Å²) in [6.45, 7) is 3.68. The third kappa shape index (κ3) is 2.19. The highest BCUT2D eigenvalue weighted by Gasteiger charge is 2.32. The first kappa shape index (κ1) is 11.4. The van der Waals surface area contributed by atoms with Gasteiger partial charge >= 0.3 is 0 Å². The summed E-state index contributed by atoms with van der Waals surface area (Å²) >= 11 is 0. The van der Waals surface area contributed by atoms with Crippen molar-refractivity contribution in [3.8, 4) is 5.75 Å². The van der Waals surface area contributed by atoms with Crippen LogP contribution < -0.4 is 0 Å². The van der Waals surface area contributed by atoms with Crippen molar-refractivity contribution in [1.82, 2.24) is 4.90 Å². The van der Waals surface area contributed by atoms with Crippen LogP contribution in [0.15, 0.2) is 24.3 Å². The molecule has 2 N–H and O–H groups in total. The lowest BCUT2D eigenvalue weighted by Gasteiger charge is -2.21. The SMILES string of the molecule is CCN1CC(CO)OC1c1cccc(O)c1. The van der Waals surface area contributed by atoms with E-state index >= 15 is 0 Å². The summed E-state index contributed by atoms with van der Waals surface area (Å²) in [4.78, 5) is 2.13. The van der Waals surface area contributed by atoms with Crippen LogP contribution in [0.4, 0.5) is 0 Å². The molecule has 1 heterocycles. The number of benzene rings is 1. The second-order valence-corrected chi connectivity index (χ2v) is 3.98. The van der Waals surface area contributed by atoms with Crippen LogP contribution in [0.2, 0.25) is 0 Å². The Bertz CT molecular complexity index is 356. The van der Waals surface area contributed by atoms with Crippen molar-refractivity contribution in [1.29, 1.82) is 0 Å². The van der Waals surface area contributed by atoms with E-state index in [1.165, 1.54) is 0 Å². The van der Waals surface area contributed by atoms with Crippen molar-refractivity contribution < 1.29 is 14.9 Å². The van der Waals surface area contributed by atoms with Gasteiger partial charge in [-0.3, -0.25) is 4.90 Å². The number of likely N-dealkylation sites (N-methyl/N-ethyl adjacent to an activating group) is 1. The van der Waals surface area contributed by atoms with E-state index in [0.29, 0.717) is 0 Å². The number of hydrogen-bond acceptors (Lipinski definition) is 4. The van der Waals surface area contributed by atoms with Gasteiger partial charge in [0.05, 0.1) is 12.7 Å². The number of hydrogen-bond donors (Lipinski definition) is 2. The molecule has 1 aliphatic heterocycles. The zero-order valence-electron chi connectivity index (χ0n) is 9.34. The summed E-state index contributed by atoms with van der Waals surface area (Å²) in [5.41, 5.74) is 0.929. The molecule has 0 bridgehead atoms. The fourth-order valence-electron chi connectivity index (χ4n) is 2.03. The molecule has 2 rings (SSSR count). The minimum Gasteiger partial charge on any atom is -0.508 e. The molecular weight excluding hydrogens is 206 g/mol. The molecule has 1 aromatic rings. The molecule has 0 radical (unpaired) electrons. The van der Waals surface area contributed by atoms with Crippen molar-refractivity contribution >= 4 is 0 Å². The van der Waals surface area contributed by atoms with Crippen LogP contribution in [0, 0.1) is 0 Å². The van der Waals surface area contributed by atoms with Crippen LogP contribution in [0.25, 0.3) is 0 Å². The average molecular weight is 223 g/mol. The van der Waals surface area contributed by atoms with Gasteiger partial charge in [-0.25, -0.2) is 0 Å². The predicted octanol–water partition coefficient (Wildman–Crippen LogP) is 1.10. The van der Waals surface area contributed by atoms with E-state index in [9.17, 15) is 5.11 Å². The van der Waals surface area contributed by atoms with E-state index < -0.39 is 0 Å². The molecule has 1 saturated heterocycles. The van der Waals surface area contributed by atoms with Gasteiger partial charge in [0, 0.05) is 6.54 Å². The lowest BCUT2D eigenvalue weighted by Crippen LogP contribution is -2.25. The van der Waals surface area contributed by atoms with Gasteiger partial charge in [-0.05, 0) is 24.2 Å². The van der Waals surface area contributed by atoms with Crippen LogP contribution in [0.5, 0.6) is 5.75 Å². The van der Waals surface area contributed by atoms with Gasteiger partial charge in [0.15, 0.2) is 0 Å². The van der Waals surface area contributed by atoms with Crippen molar-refractivity contribution in [2.45, 2.75) is 19.3 Å². The smallest absolute Gasteiger partial charge is 0.137 e. The second-order valence-electron chi connectivity index (χ2n) is 3.98. The second kappa shape index (κ2) is 4.82. The molecule has 0 spiro atoms. The Balaban J connectivity index is 2.19. The number of nitrogens with zero attached hydrogens (tertiary/aromatic N) is 1. The monoisotopic (exact) mass is 223 g/mol. The van der Waals surface area contributed by atoms with Gasteiger partial charge in [-0.2, -0.15) is 0 Å². The number of aliphatic hydroxyl groups excluding tert-OH is 1. The molecule has 1 fully saturated rings. The Kier molecular flexibility index (Phi) is 3.43. The van der Waals surface area contributed by atoms with Gasteiger partial charge in [0.25, 0.3) is 0 Å². The zero-order valence-corrected chi connectivity index (χ0v) is 9.34. The molecule has 1 aromatic carbocycles. The minimum atomic E-state index is -0.158. The lowest BCUT2D eigenvalue weighted by atomic mass is 10.2. The number of aliphatic hydroxyl groups is 1. The standard InChI is InChI=1S/C12H17NO3/c1-2-13-7-11(8-14)16-12(13)9-4-3-5-10(15)6-9/h3-6,11-12,14-15H,2,7-8H2,1H3. The van der Waals surface area contributed by atoms with Crippen LogP contribution in [-0.4, -0.2) is 40.9 Å². The van der Waals surface area contributed by atoms with E-state index in [1.807, 2.05) is 6.07 Å². The predicted molar refractivity (Wildman–Crippen MR) is 60.1 cm³/mol. The van der Waals surface area contributed by atoms with E-state index in [1.54, 1.807) is 18.2 Å². The van der Waals surface area contributed by atoms with Gasteiger partial charge in [-0.15, -0.1) is 0 Å². The lowest BCUT2D eigenvalue weighted by molar-refractivity contribution is -0.0185. The first-order valence-electron chi connectivity index (χ1n) is 5.54. The maximum Gasteiger partial charge on any atom is 0.137 e. The highest BCUT2D eigenvalue weighted by molar-refractivity contribution is 5.28. The quantitative estimate of drug-likeness (QED) is 0.805. The van der Waals surface area contributed by atoms with Gasteiger partial charge < -0.3 is 14.9 Å². The minimum absolute atomic E-state index is 0.0335. The number of phenolic OH excluding ortho intramolecular Hbond substituents is 1. The number of phenols is 1. The van der Waals surface area contributed by atoms with Crippen LogP contribution in [-0.2, 0) is 4.74 Å². The highest BCUT2D eigenvalue weighted by atomic mass is 16.5. The average Bonchev–Trinajstić information content (AvgIpc) is 2.72. The first-order chi connectivity index (χ1) is 7.74. The third-order valence-corrected chi connectivity index (χ3v) is 2.86. The van der Waals surface area contributed by atoms with Crippen molar-refractivity contribution in [3.05, 3.63) is 29.8 Å². The molecule has 2 atom stereocenters. The molecule has 4 heteroatoms. The summed E-state index contributed by atoms with van der Waals surface area (Å²) in [7, 11) is 0. The van der Waals surface area contributed by atoms with Gasteiger partial charge in [0.2, 0.25) is 0 Å². The third-order valence-electron chi connectivity index (χ3n) is 2.86. The van der Waals surface area contributed by atoms with Gasteiger partial charge in [0.1, 0.15) is 12.0 Å². The molecule has 16 heavy (non-hydrogen) atoms. The number of rotatable bonds is 3. The summed E-state index contributed by atoms with van der Waals surface area (Å²) < 4.78 is 5.72. The Morgan fingerprint density at radius 1 is 1.50 bits per heavy atom. The summed E-state index contributed by atoms with van der Waals surface area (Å²) in [6.07, 6.45) is -0.290. The van der Waals surface area contributed by atoms with Crippen LogP contribution in [0.1, 0.15) is 18.7 Å². The molecule has 0 aliphatic carbocycles. The Morgan fingerprint density at radius 3 is 2.94 bits per heavy atom. The van der Waals surface area contributed by atoms with E-state index in [0.717, 1.165) is 18.7 Å². The Morgan fingerprint density at radius 2 is 2.31 bits per heavy atom. The first-order valence-corrected chi connectivity index (χ1v) is 5.54. The Labute approximate surface area is 95.1 Å². The largest absolute Gasteiger partial charge is 0.508 e. The topological polar surface area (TPSA) is 52.9 Å². The van der Waals surface area contributed by atoms with Crippen LogP contribution >= 0.6 is 0 Å². The van der Waals surface area contributed by atoms with Crippen molar-refractivity contribution in [2.75, 3.05) is 19.7 Å². The summed E-state index contributed by atoms with van der Waals surface area (Å²) in [6, 6.07) is 7.06. The normalized spacial score (nSPS) is 26.1. The number of ether oxygens (including phenoxy) is 1. The number of aromatic hydroxyl groups is 1. The zero-order chi connectivity index (χ0) is 11.5. The van der Waals surface area contributed by atoms with Crippen molar-refractivity contribution in [3.63, 3.8) is 0 Å². The molecule has 1 aliphatic rings. The fourth-order valence-corrected chi connectivity index (χ4v) is 2.03. The summed E-state index contributed by atoms with van der Waals surface area (Å²) in [5.74, 6) is 0.240. The molecule has 0 saturated carbocycles. The maximum atomic E-state index is 9.43. The fraction of sp³-hybridized carbons (Fsp3) is 0.500. The van der Waals surface area contributed by atoms with Crippen LogP contribution in [0.3, 0.4) is 0 Å². The molecular formula is C12H17NO3. The van der Waals surface area contributed by atoms with E-state index in [2.05, 4.69) is 11.8 Å². The molecule has 4 nitrogen and oxygen atoms in total. The highest BCUT2D eigenvalue weighted by Crippen LogP contribution is 2.31. The Hall–Kier alpha value is -1.10. The molecule has 88 valence electrons. The van der Waals surface area contributed by atoms with Crippen molar-refractivity contribution in [2.24, 2.45) is 0 Å². The maximum absolute atomic E-state index is 9.43. The molecule has 2 unspecified atom stereocenters. The van der Waals surface area contributed by atoms with Gasteiger partial charge in [-0.1, -0.05) is 19.1 Å². The van der Waals surface area contributed by atoms with E-state index in [4.69, 9.17) is 9.84 Å². The summed E-state index contributed by atoms with van der Waals surface area (Å²) in [5, 5.41) is 18.5. The molecule has 0 aromatic heterocycles. The molecule has 0 amide bonds. The van der Waals surface area contributed by atoms with E-state index in [-0.39, 0.29) is 24.7 Å².